The molecule has 3 heteroatoms. The third kappa shape index (κ3) is 5.54. The summed E-state index contributed by atoms with van der Waals surface area (Å²) in [5.41, 5.74) is 2.27. The molecule has 1 unspecified atom stereocenters. The van der Waals surface area contributed by atoms with Crippen LogP contribution in [-0.2, 0) is 6.54 Å². The van der Waals surface area contributed by atoms with E-state index in [9.17, 15) is 5.11 Å². The van der Waals surface area contributed by atoms with Crippen molar-refractivity contribution in [1.82, 2.24) is 5.32 Å². The molecule has 0 bridgehead atoms. The van der Waals surface area contributed by atoms with Gasteiger partial charge >= 0.3 is 0 Å². The number of nitrogens with one attached hydrogen (secondary N) is 1. The van der Waals surface area contributed by atoms with Crippen LogP contribution in [0.25, 0.3) is 0 Å². The monoisotopic (exact) mass is 301 g/mol. The van der Waals surface area contributed by atoms with E-state index in [1.165, 1.54) is 10.5 Å². The van der Waals surface area contributed by atoms with Crippen LogP contribution in [0.2, 0.25) is 0 Å². The molecule has 0 aliphatic carbocycles. The van der Waals surface area contributed by atoms with Gasteiger partial charge in [0.05, 0.1) is 6.10 Å². The van der Waals surface area contributed by atoms with Crippen molar-refractivity contribution in [2.24, 2.45) is 0 Å². The molecule has 0 fully saturated rings. The molecule has 2 nitrogen and oxygen atoms in total. The first-order chi connectivity index (χ1) is 10.3. The normalized spacial score (nSPS) is 12.3. The molecule has 0 spiro atoms. The molecule has 21 heavy (non-hydrogen) atoms. The lowest BCUT2D eigenvalue weighted by Gasteiger charge is -2.11. The molecule has 0 saturated heterocycles. The van der Waals surface area contributed by atoms with Crippen molar-refractivity contribution in [2.75, 3.05) is 12.3 Å². The quantitative estimate of drug-likeness (QED) is 0.571. The highest BCUT2D eigenvalue weighted by atomic mass is 32.2. The number of benzene rings is 2. The smallest absolute Gasteiger partial charge is 0.0883 e. The van der Waals surface area contributed by atoms with Crippen molar-refractivity contribution >= 4 is 11.8 Å². The standard InChI is InChI=1S/C18H23NOS/c1-2-11-19-13-15-7-6-10-17(12-15)21-14-18(20)16-8-4-3-5-9-16/h3-10,12,18-20H,2,11,13-14H2,1H3. The zero-order valence-electron chi connectivity index (χ0n) is 12.5. The van der Waals surface area contributed by atoms with Crippen LogP contribution in [0.15, 0.2) is 59.5 Å². The molecular weight excluding hydrogens is 278 g/mol. The highest BCUT2D eigenvalue weighted by molar-refractivity contribution is 7.99. The van der Waals surface area contributed by atoms with Gasteiger partial charge in [-0.1, -0.05) is 49.4 Å². The van der Waals surface area contributed by atoms with Gasteiger partial charge < -0.3 is 10.4 Å². The molecule has 0 saturated carbocycles. The zero-order valence-corrected chi connectivity index (χ0v) is 13.3. The van der Waals surface area contributed by atoms with Gasteiger partial charge in [0.25, 0.3) is 0 Å². The van der Waals surface area contributed by atoms with Crippen LogP contribution < -0.4 is 5.32 Å². The van der Waals surface area contributed by atoms with Gasteiger partial charge in [0.1, 0.15) is 0 Å². The average Bonchev–Trinajstić information content (AvgIpc) is 2.54. The number of rotatable bonds is 8. The first-order valence-corrected chi connectivity index (χ1v) is 8.43. The Hall–Kier alpha value is -1.29. The summed E-state index contributed by atoms with van der Waals surface area (Å²) in [6.07, 6.45) is 0.732. The topological polar surface area (TPSA) is 32.3 Å². The molecule has 0 amide bonds. The molecule has 0 aliphatic rings. The maximum atomic E-state index is 10.2. The predicted octanol–water partition coefficient (Wildman–Crippen LogP) is 4.01. The van der Waals surface area contributed by atoms with Crippen LogP contribution in [0.5, 0.6) is 0 Å². The van der Waals surface area contributed by atoms with E-state index in [-0.39, 0.29) is 0 Å². The van der Waals surface area contributed by atoms with Crippen molar-refractivity contribution in [2.45, 2.75) is 30.9 Å². The maximum absolute atomic E-state index is 10.2. The Bertz CT molecular complexity index is 530. The summed E-state index contributed by atoms with van der Waals surface area (Å²) in [7, 11) is 0. The summed E-state index contributed by atoms with van der Waals surface area (Å²) < 4.78 is 0. The van der Waals surface area contributed by atoms with Gasteiger partial charge in [0.2, 0.25) is 0 Å². The Balaban J connectivity index is 1.86. The Morgan fingerprint density at radius 3 is 2.67 bits per heavy atom. The molecular formula is C18H23NOS. The molecule has 0 aromatic heterocycles. The fourth-order valence-corrected chi connectivity index (χ4v) is 3.05. The number of aliphatic hydroxyl groups is 1. The average molecular weight is 301 g/mol. The number of aliphatic hydroxyl groups excluding tert-OH is 1. The predicted molar refractivity (Wildman–Crippen MR) is 90.6 cm³/mol. The minimum absolute atomic E-state index is 0.418. The van der Waals surface area contributed by atoms with Crippen molar-refractivity contribution in [3.8, 4) is 0 Å². The zero-order chi connectivity index (χ0) is 14.9. The van der Waals surface area contributed by atoms with E-state index in [4.69, 9.17) is 0 Å². The molecule has 2 rings (SSSR count). The third-order valence-electron chi connectivity index (χ3n) is 3.25. The molecule has 2 N–H and O–H groups in total. The molecule has 0 heterocycles. The highest BCUT2D eigenvalue weighted by Crippen LogP contribution is 2.25. The fourth-order valence-electron chi connectivity index (χ4n) is 2.10. The van der Waals surface area contributed by atoms with E-state index in [0.29, 0.717) is 5.75 Å². The van der Waals surface area contributed by atoms with Gasteiger partial charge in [-0.05, 0) is 36.2 Å². The molecule has 0 aliphatic heterocycles. The lowest BCUT2D eigenvalue weighted by Crippen LogP contribution is -2.13. The second kappa shape index (κ2) is 8.88. The highest BCUT2D eigenvalue weighted by Gasteiger charge is 2.07. The van der Waals surface area contributed by atoms with Crippen molar-refractivity contribution < 1.29 is 5.11 Å². The fraction of sp³-hybridized carbons (Fsp3) is 0.333. The summed E-state index contributed by atoms with van der Waals surface area (Å²) in [6, 6.07) is 18.4. The Labute approximate surface area is 131 Å². The number of hydrogen-bond donors (Lipinski definition) is 2. The van der Waals surface area contributed by atoms with Gasteiger partial charge in [-0.25, -0.2) is 0 Å². The van der Waals surface area contributed by atoms with Gasteiger partial charge in [0, 0.05) is 17.2 Å². The molecule has 112 valence electrons. The third-order valence-corrected chi connectivity index (χ3v) is 4.32. The van der Waals surface area contributed by atoms with Gasteiger partial charge in [-0.15, -0.1) is 11.8 Å². The van der Waals surface area contributed by atoms with Crippen LogP contribution in [0.1, 0.15) is 30.6 Å². The Morgan fingerprint density at radius 2 is 1.90 bits per heavy atom. The minimum Gasteiger partial charge on any atom is -0.388 e. The second-order valence-electron chi connectivity index (χ2n) is 5.06. The Morgan fingerprint density at radius 1 is 1.10 bits per heavy atom. The van der Waals surface area contributed by atoms with Gasteiger partial charge in [-0.2, -0.15) is 0 Å². The maximum Gasteiger partial charge on any atom is 0.0883 e. The molecule has 1 atom stereocenters. The lowest BCUT2D eigenvalue weighted by atomic mass is 10.1. The van der Waals surface area contributed by atoms with E-state index in [1.54, 1.807) is 11.8 Å². The molecule has 2 aromatic rings. The van der Waals surface area contributed by atoms with E-state index >= 15 is 0 Å². The second-order valence-corrected chi connectivity index (χ2v) is 6.16. The summed E-state index contributed by atoms with van der Waals surface area (Å²) in [4.78, 5) is 1.21. The summed E-state index contributed by atoms with van der Waals surface area (Å²) in [5.74, 6) is 0.676. The van der Waals surface area contributed by atoms with Crippen molar-refractivity contribution in [3.63, 3.8) is 0 Å². The van der Waals surface area contributed by atoms with Gasteiger partial charge in [0.15, 0.2) is 0 Å². The first kappa shape index (κ1) is 16.1. The number of thioether (sulfide) groups is 1. The minimum atomic E-state index is -0.418. The van der Waals surface area contributed by atoms with Crippen LogP contribution in [0.4, 0.5) is 0 Å². The lowest BCUT2D eigenvalue weighted by molar-refractivity contribution is 0.204. The van der Waals surface area contributed by atoms with E-state index in [2.05, 4.69) is 36.5 Å². The SMILES string of the molecule is CCCNCc1cccc(SCC(O)c2ccccc2)c1. The van der Waals surface area contributed by atoms with Crippen LogP contribution in [-0.4, -0.2) is 17.4 Å². The van der Waals surface area contributed by atoms with Crippen molar-refractivity contribution in [3.05, 3.63) is 65.7 Å². The largest absolute Gasteiger partial charge is 0.388 e. The van der Waals surface area contributed by atoms with Crippen LogP contribution in [0.3, 0.4) is 0 Å². The van der Waals surface area contributed by atoms with E-state index in [1.807, 2.05) is 30.3 Å². The summed E-state index contributed by atoms with van der Waals surface area (Å²) in [6.45, 7) is 4.12. The van der Waals surface area contributed by atoms with Crippen LogP contribution in [0, 0.1) is 0 Å². The summed E-state index contributed by atoms with van der Waals surface area (Å²) >= 11 is 1.70. The van der Waals surface area contributed by atoms with Crippen molar-refractivity contribution in [1.29, 1.82) is 0 Å². The number of hydrogen-bond acceptors (Lipinski definition) is 3. The van der Waals surface area contributed by atoms with E-state index < -0.39 is 6.10 Å². The Kier molecular flexibility index (Phi) is 6.80. The first-order valence-electron chi connectivity index (χ1n) is 7.45. The van der Waals surface area contributed by atoms with Crippen LogP contribution >= 0.6 is 11.8 Å². The molecule has 0 radical (unpaired) electrons. The van der Waals surface area contributed by atoms with E-state index in [0.717, 1.165) is 25.1 Å². The summed E-state index contributed by atoms with van der Waals surface area (Å²) in [5, 5.41) is 13.6. The van der Waals surface area contributed by atoms with Gasteiger partial charge in [-0.3, -0.25) is 0 Å². The molecule has 2 aromatic carbocycles.